The first-order chi connectivity index (χ1) is 12.3. The lowest BCUT2D eigenvalue weighted by Gasteiger charge is -2.35. The predicted octanol–water partition coefficient (Wildman–Crippen LogP) is 2.14. The van der Waals surface area contributed by atoms with E-state index in [2.05, 4.69) is 5.10 Å². The molecule has 2 saturated heterocycles. The van der Waals surface area contributed by atoms with Crippen LogP contribution in [-0.4, -0.2) is 51.8 Å². The largest absolute Gasteiger partial charge is 0.297 e. The summed E-state index contributed by atoms with van der Waals surface area (Å²) in [7, 11) is 0. The molecule has 3 heterocycles. The van der Waals surface area contributed by atoms with Crippen molar-refractivity contribution in [3.63, 3.8) is 0 Å². The molecule has 0 aromatic heterocycles. The lowest BCUT2D eigenvalue weighted by atomic mass is 9.80. The molecule has 0 N–H and O–H groups in total. The molecule has 4 unspecified atom stereocenters. The minimum absolute atomic E-state index is 0.00394. The van der Waals surface area contributed by atoms with E-state index in [-0.39, 0.29) is 29.7 Å². The van der Waals surface area contributed by atoms with Crippen LogP contribution in [0.15, 0.2) is 17.3 Å². The van der Waals surface area contributed by atoms with Crippen LogP contribution < -0.4 is 0 Å². The standard InChI is InChI=1S/C20H27N3O3/c1-20(2,3)17(24)16-15-14(13-10-7-11-21-23(13)16)18(25)22(19(15)26)12-8-5-4-6-9-12/h7,10-16H,4-6,8-9H2,1-3H3. The Kier molecular flexibility index (Phi) is 4.04. The van der Waals surface area contributed by atoms with Crippen LogP contribution in [0, 0.1) is 17.3 Å². The normalized spacial score (nSPS) is 34.4. The fourth-order valence-electron chi connectivity index (χ4n) is 5.00. The third kappa shape index (κ3) is 2.45. The first-order valence-corrected chi connectivity index (χ1v) is 9.72. The Balaban J connectivity index is 1.72. The molecular weight excluding hydrogens is 330 g/mol. The summed E-state index contributed by atoms with van der Waals surface area (Å²) in [4.78, 5) is 41.3. The van der Waals surface area contributed by atoms with Crippen molar-refractivity contribution in [2.24, 2.45) is 22.4 Å². The van der Waals surface area contributed by atoms with E-state index in [1.165, 1.54) is 11.3 Å². The minimum Gasteiger partial charge on any atom is -0.297 e. The van der Waals surface area contributed by atoms with Gasteiger partial charge in [0, 0.05) is 17.7 Å². The number of hydrogen-bond acceptors (Lipinski definition) is 5. The molecule has 26 heavy (non-hydrogen) atoms. The molecule has 0 aromatic rings. The van der Waals surface area contributed by atoms with E-state index in [4.69, 9.17) is 0 Å². The fourth-order valence-corrected chi connectivity index (χ4v) is 5.00. The molecule has 3 fully saturated rings. The number of nitrogens with zero attached hydrogens (tertiary/aromatic N) is 3. The molecule has 1 saturated carbocycles. The van der Waals surface area contributed by atoms with Crippen molar-refractivity contribution < 1.29 is 14.4 Å². The summed E-state index contributed by atoms with van der Waals surface area (Å²) in [5.41, 5.74) is -0.595. The molecule has 0 spiro atoms. The highest BCUT2D eigenvalue weighted by Crippen LogP contribution is 2.47. The topological polar surface area (TPSA) is 70.0 Å². The molecular formula is C20H27N3O3. The number of hydrazone groups is 1. The van der Waals surface area contributed by atoms with Gasteiger partial charge in [0.05, 0.1) is 17.9 Å². The molecule has 4 rings (SSSR count). The molecule has 140 valence electrons. The summed E-state index contributed by atoms with van der Waals surface area (Å²) in [5, 5.41) is 6.08. The maximum Gasteiger partial charge on any atom is 0.236 e. The number of carbonyl (C=O) groups is 3. The highest BCUT2D eigenvalue weighted by atomic mass is 16.2. The van der Waals surface area contributed by atoms with Crippen LogP contribution in [0.5, 0.6) is 0 Å². The summed E-state index contributed by atoms with van der Waals surface area (Å²) in [6, 6.07) is -0.952. The van der Waals surface area contributed by atoms with Gasteiger partial charge in [-0.25, -0.2) is 0 Å². The average molecular weight is 357 g/mol. The number of Topliss-reactive ketones (excluding diaryl/α,β-unsaturated/α-hetero) is 1. The van der Waals surface area contributed by atoms with Gasteiger partial charge in [0.1, 0.15) is 6.04 Å². The second-order valence-electron chi connectivity index (χ2n) is 8.97. The van der Waals surface area contributed by atoms with E-state index in [0.717, 1.165) is 25.7 Å². The van der Waals surface area contributed by atoms with Gasteiger partial charge in [-0.3, -0.25) is 24.3 Å². The number of rotatable bonds is 2. The number of imide groups is 1. The summed E-state index contributed by atoms with van der Waals surface area (Å²) >= 11 is 0. The zero-order valence-electron chi connectivity index (χ0n) is 15.7. The zero-order chi connectivity index (χ0) is 18.6. The van der Waals surface area contributed by atoms with Crippen LogP contribution in [0.2, 0.25) is 0 Å². The van der Waals surface area contributed by atoms with E-state index in [0.29, 0.717) is 0 Å². The van der Waals surface area contributed by atoms with Crippen molar-refractivity contribution >= 4 is 23.8 Å². The minimum atomic E-state index is -0.656. The number of carbonyl (C=O) groups excluding carboxylic acids is 3. The molecule has 2 amide bonds. The number of hydrogen-bond donors (Lipinski definition) is 0. The number of allylic oxidation sites excluding steroid dienone is 1. The van der Waals surface area contributed by atoms with Gasteiger partial charge in [-0.1, -0.05) is 46.1 Å². The van der Waals surface area contributed by atoms with E-state index in [9.17, 15) is 14.4 Å². The van der Waals surface area contributed by atoms with E-state index in [1.807, 2.05) is 32.9 Å². The van der Waals surface area contributed by atoms with Crippen molar-refractivity contribution in [2.45, 2.75) is 71.0 Å². The van der Waals surface area contributed by atoms with Gasteiger partial charge >= 0.3 is 0 Å². The Labute approximate surface area is 154 Å². The quantitative estimate of drug-likeness (QED) is 0.710. The van der Waals surface area contributed by atoms with Gasteiger partial charge in [0.25, 0.3) is 0 Å². The second kappa shape index (κ2) is 6.03. The SMILES string of the molecule is CC(C)(C)C(=O)C1C2C(=O)N(C3CCCCC3)C(=O)C2C2C=CC=NN21. The van der Waals surface area contributed by atoms with Gasteiger partial charge in [-0.15, -0.1) is 0 Å². The molecule has 4 aliphatic rings. The van der Waals surface area contributed by atoms with Crippen LogP contribution in [-0.2, 0) is 14.4 Å². The number of fused-ring (bicyclic) bond motifs is 3. The van der Waals surface area contributed by atoms with Crippen molar-refractivity contribution in [3.05, 3.63) is 12.2 Å². The first kappa shape index (κ1) is 17.4. The van der Waals surface area contributed by atoms with Gasteiger partial charge in [-0.2, -0.15) is 5.10 Å². The lowest BCUT2D eigenvalue weighted by molar-refractivity contribution is -0.147. The fraction of sp³-hybridized carbons (Fsp3) is 0.700. The van der Waals surface area contributed by atoms with Crippen molar-refractivity contribution in [2.75, 3.05) is 0 Å². The Hall–Kier alpha value is -1.98. The van der Waals surface area contributed by atoms with Gasteiger partial charge in [0.15, 0.2) is 5.78 Å². The smallest absolute Gasteiger partial charge is 0.236 e. The zero-order valence-corrected chi connectivity index (χ0v) is 15.7. The van der Waals surface area contributed by atoms with E-state index in [1.54, 1.807) is 11.2 Å². The highest BCUT2D eigenvalue weighted by Gasteiger charge is 2.65. The summed E-state index contributed by atoms with van der Waals surface area (Å²) in [5.74, 6) is -1.38. The summed E-state index contributed by atoms with van der Waals surface area (Å²) in [6.45, 7) is 5.59. The third-order valence-corrected chi connectivity index (χ3v) is 6.27. The molecule has 0 radical (unpaired) electrons. The van der Waals surface area contributed by atoms with Gasteiger partial charge < -0.3 is 0 Å². The Morgan fingerprint density at radius 1 is 1.08 bits per heavy atom. The van der Waals surface area contributed by atoms with Crippen molar-refractivity contribution in [1.82, 2.24) is 9.91 Å². The number of ketones is 1. The molecule has 4 atom stereocenters. The summed E-state index contributed by atoms with van der Waals surface area (Å²) in [6.07, 6.45) is 10.4. The molecule has 3 aliphatic heterocycles. The number of amides is 2. The second-order valence-corrected chi connectivity index (χ2v) is 8.97. The van der Waals surface area contributed by atoms with Crippen LogP contribution in [0.1, 0.15) is 52.9 Å². The number of likely N-dealkylation sites (tertiary alicyclic amines) is 1. The van der Waals surface area contributed by atoms with Crippen molar-refractivity contribution in [3.8, 4) is 0 Å². The van der Waals surface area contributed by atoms with Crippen LogP contribution in [0.25, 0.3) is 0 Å². The van der Waals surface area contributed by atoms with Gasteiger partial charge in [0.2, 0.25) is 11.8 Å². The van der Waals surface area contributed by atoms with Crippen LogP contribution >= 0.6 is 0 Å². The van der Waals surface area contributed by atoms with E-state index >= 15 is 0 Å². The Morgan fingerprint density at radius 2 is 1.73 bits per heavy atom. The Morgan fingerprint density at radius 3 is 2.38 bits per heavy atom. The van der Waals surface area contributed by atoms with Crippen molar-refractivity contribution in [1.29, 1.82) is 0 Å². The van der Waals surface area contributed by atoms with Crippen LogP contribution in [0.3, 0.4) is 0 Å². The molecule has 1 aliphatic carbocycles. The maximum atomic E-state index is 13.3. The van der Waals surface area contributed by atoms with Gasteiger partial charge in [-0.05, 0) is 18.9 Å². The van der Waals surface area contributed by atoms with Crippen LogP contribution in [0.4, 0.5) is 0 Å². The first-order valence-electron chi connectivity index (χ1n) is 9.72. The summed E-state index contributed by atoms with van der Waals surface area (Å²) < 4.78 is 0. The lowest BCUT2D eigenvalue weighted by Crippen LogP contribution is -2.50. The highest BCUT2D eigenvalue weighted by molar-refractivity contribution is 6.10. The predicted molar refractivity (Wildman–Crippen MR) is 97.2 cm³/mol. The molecule has 6 heteroatoms. The Bertz CT molecular complexity index is 700. The average Bonchev–Trinajstić information content (AvgIpc) is 3.08. The molecule has 0 bridgehead atoms. The monoisotopic (exact) mass is 357 g/mol. The third-order valence-electron chi connectivity index (χ3n) is 6.27. The van der Waals surface area contributed by atoms with E-state index < -0.39 is 23.3 Å². The molecule has 6 nitrogen and oxygen atoms in total. The maximum absolute atomic E-state index is 13.3. The molecule has 0 aromatic carbocycles.